The maximum Gasteiger partial charge on any atom is 0.156 e. The van der Waals surface area contributed by atoms with Gasteiger partial charge in [0.1, 0.15) is 24.4 Å². The molecule has 0 bridgehead atoms. The summed E-state index contributed by atoms with van der Waals surface area (Å²) in [7, 11) is 0. The Morgan fingerprint density at radius 3 is 1.55 bits per heavy atom. The molecule has 11 N–H and O–H groups in total. The molecule has 14 heteroatoms. The Morgan fingerprint density at radius 1 is 0.955 bits per heavy atom. The monoisotopic (exact) mass is 324 g/mol. The Bertz CT molecular complexity index is 325. The van der Waals surface area contributed by atoms with Crippen molar-refractivity contribution in [3.8, 4) is 0 Å². The Kier molecular flexibility index (Phi) is 20.8. The fourth-order valence-corrected chi connectivity index (χ4v) is 0.685. The lowest BCUT2D eigenvalue weighted by molar-refractivity contribution is -0.136. The highest BCUT2D eigenvalue weighted by molar-refractivity contribution is 5.56. The number of nitrogens with one attached hydrogen (secondary N) is 2. The molecule has 0 aliphatic carbocycles. The molecule has 0 aliphatic heterocycles. The molecular formula is C8H20N8O6. The average Bonchev–Trinajstić information content (AvgIpc) is 2.54. The molecule has 0 aromatic rings. The van der Waals surface area contributed by atoms with Crippen molar-refractivity contribution in [2.75, 3.05) is 6.61 Å². The highest BCUT2D eigenvalue weighted by Gasteiger charge is 2.29. The molecule has 0 spiro atoms. The maximum absolute atomic E-state index is 9.90. The van der Waals surface area contributed by atoms with Gasteiger partial charge in [-0.25, -0.2) is 11.1 Å². The predicted molar refractivity (Wildman–Crippen MR) is 72.8 cm³/mol. The first kappa shape index (κ1) is 24.6. The van der Waals surface area contributed by atoms with E-state index in [4.69, 9.17) is 36.6 Å². The van der Waals surface area contributed by atoms with Gasteiger partial charge in [-0.3, -0.25) is 0 Å². The van der Waals surface area contributed by atoms with Crippen molar-refractivity contribution in [3.63, 3.8) is 0 Å². The van der Waals surface area contributed by atoms with Crippen LogP contribution < -0.4 is 11.7 Å². The molecule has 0 unspecified atom stereocenters. The number of hydrogen-bond donors (Lipinski definition) is 9. The van der Waals surface area contributed by atoms with Gasteiger partial charge in [-0.1, -0.05) is 0 Å². The number of aliphatic hydroxyl groups is 5. The molecule has 0 fully saturated rings. The van der Waals surface area contributed by atoms with Gasteiger partial charge < -0.3 is 42.0 Å². The van der Waals surface area contributed by atoms with Gasteiger partial charge in [-0.2, -0.15) is 10.2 Å². The van der Waals surface area contributed by atoms with Crippen LogP contribution in [0.4, 0.5) is 0 Å². The van der Waals surface area contributed by atoms with Crippen molar-refractivity contribution < 1.29 is 30.3 Å². The second-order valence-electron chi connectivity index (χ2n) is 3.15. The number of aldehydes is 1. The molecule has 0 rings (SSSR count). The van der Waals surface area contributed by atoms with E-state index in [1.807, 2.05) is 0 Å². The number of rotatable bonds is 7. The van der Waals surface area contributed by atoms with Crippen LogP contribution in [0.1, 0.15) is 0 Å². The number of aliphatic hydroxyl groups excluding tert-OH is 5. The van der Waals surface area contributed by atoms with Crippen LogP contribution >= 0.6 is 0 Å². The van der Waals surface area contributed by atoms with Gasteiger partial charge in [0, 0.05) is 0 Å². The van der Waals surface area contributed by atoms with Crippen LogP contribution in [0, 0.1) is 11.1 Å². The minimum Gasteiger partial charge on any atom is -0.394 e. The molecule has 128 valence electrons. The summed E-state index contributed by atoms with van der Waals surface area (Å²) in [5.74, 6) is 8.99. The molecule has 0 aliphatic rings. The predicted octanol–water partition coefficient (Wildman–Crippen LogP) is -3.54. The number of nitrogens with zero attached hydrogens (tertiary/aromatic N) is 4. The van der Waals surface area contributed by atoms with Crippen LogP contribution in [0.3, 0.4) is 0 Å². The summed E-state index contributed by atoms with van der Waals surface area (Å²) in [4.78, 5) is 9.90. The summed E-state index contributed by atoms with van der Waals surface area (Å²) in [6, 6.07) is 0. The minimum atomic E-state index is -1.79. The van der Waals surface area contributed by atoms with Gasteiger partial charge in [-0.15, -0.1) is 10.2 Å². The smallest absolute Gasteiger partial charge is 0.156 e. The Labute approximate surface area is 124 Å². The second kappa shape index (κ2) is 18.6. The number of nitrogens with two attached hydrogens (primary N) is 2. The first-order valence-electron chi connectivity index (χ1n) is 5.32. The summed E-state index contributed by atoms with van der Waals surface area (Å²) in [5, 5.41) is 54.7. The number of carbonyl (C=O) groups is 1. The van der Waals surface area contributed by atoms with Crippen LogP contribution in [0.5, 0.6) is 0 Å². The van der Waals surface area contributed by atoms with E-state index >= 15 is 0 Å². The van der Waals surface area contributed by atoms with Crippen LogP contribution in [0.2, 0.25) is 0 Å². The van der Waals surface area contributed by atoms with Crippen molar-refractivity contribution in [1.82, 2.24) is 0 Å². The van der Waals surface area contributed by atoms with E-state index in [1.54, 1.807) is 0 Å². The number of carbonyl (C=O) groups excluding carboxylic acids is 1. The first-order valence-corrected chi connectivity index (χ1v) is 5.32. The van der Waals surface area contributed by atoms with E-state index in [1.165, 1.54) is 0 Å². The van der Waals surface area contributed by atoms with Crippen molar-refractivity contribution in [3.05, 3.63) is 0 Å². The van der Waals surface area contributed by atoms with Gasteiger partial charge in [-0.05, 0) is 0 Å². The van der Waals surface area contributed by atoms with Crippen LogP contribution in [-0.4, -0.2) is 75.5 Å². The quantitative estimate of drug-likeness (QED) is 0.0563. The Balaban J connectivity index is -0.000000298. The van der Waals surface area contributed by atoms with E-state index in [9.17, 15) is 4.79 Å². The molecule has 0 saturated carbocycles. The summed E-state index contributed by atoms with van der Waals surface area (Å²) in [6.45, 7) is -0.760. The summed E-state index contributed by atoms with van der Waals surface area (Å²) in [5.41, 5.74) is 12.0. The van der Waals surface area contributed by atoms with E-state index in [0.717, 1.165) is 12.7 Å². The van der Waals surface area contributed by atoms with Gasteiger partial charge >= 0.3 is 0 Å². The molecule has 0 aromatic heterocycles. The van der Waals surface area contributed by atoms with E-state index in [-0.39, 0.29) is 6.29 Å². The van der Waals surface area contributed by atoms with Crippen LogP contribution in [-0.2, 0) is 4.79 Å². The molecule has 0 heterocycles. The molecule has 0 radical (unpaired) electrons. The molecule has 0 saturated heterocycles. The number of hydrazone groups is 2. The molecular weight excluding hydrogens is 304 g/mol. The SMILES string of the molecule is N=NC=NN.N=NC=NN.O=C[C@H](O)[C@@H](O)[C@H](O)[C@H](O)CO. The van der Waals surface area contributed by atoms with Crippen molar-refractivity contribution in [2.45, 2.75) is 24.4 Å². The lowest BCUT2D eigenvalue weighted by Crippen LogP contribution is -2.46. The third kappa shape index (κ3) is 15.7. The second-order valence-corrected chi connectivity index (χ2v) is 3.15. The third-order valence-electron chi connectivity index (χ3n) is 1.67. The molecule has 22 heavy (non-hydrogen) atoms. The summed E-state index contributed by atoms with van der Waals surface area (Å²) >= 11 is 0. The highest BCUT2D eigenvalue weighted by atomic mass is 16.4. The Morgan fingerprint density at radius 2 is 1.36 bits per heavy atom. The maximum atomic E-state index is 9.90. The zero-order valence-electron chi connectivity index (χ0n) is 11.3. The largest absolute Gasteiger partial charge is 0.394 e. The zero-order valence-corrected chi connectivity index (χ0v) is 11.3. The van der Waals surface area contributed by atoms with Gasteiger partial charge in [0.05, 0.1) is 6.61 Å². The van der Waals surface area contributed by atoms with E-state index < -0.39 is 31.0 Å². The summed E-state index contributed by atoms with van der Waals surface area (Å²) < 4.78 is 0. The normalized spacial score (nSPS) is 15.5. The zero-order chi connectivity index (χ0) is 18.0. The van der Waals surface area contributed by atoms with Gasteiger partial charge in [0.25, 0.3) is 0 Å². The molecule has 4 atom stereocenters. The lowest BCUT2D eigenvalue weighted by atomic mass is 10.0. The average molecular weight is 324 g/mol. The first-order chi connectivity index (χ1) is 10.4. The Hall–Kier alpha value is -2.39. The number of hydrogen-bond acceptors (Lipinski definition) is 12. The van der Waals surface area contributed by atoms with E-state index in [2.05, 4.69) is 32.1 Å². The van der Waals surface area contributed by atoms with Crippen molar-refractivity contribution in [1.29, 1.82) is 11.1 Å². The molecule has 0 amide bonds. The third-order valence-corrected chi connectivity index (χ3v) is 1.67. The summed E-state index contributed by atoms with van der Waals surface area (Å²) in [6.07, 6.45) is -4.95. The topological polar surface area (TPSA) is 267 Å². The van der Waals surface area contributed by atoms with Gasteiger partial charge in [0.2, 0.25) is 0 Å². The molecule has 0 aromatic carbocycles. The van der Waals surface area contributed by atoms with Crippen LogP contribution in [0.25, 0.3) is 0 Å². The van der Waals surface area contributed by atoms with Crippen molar-refractivity contribution >= 4 is 19.0 Å². The van der Waals surface area contributed by atoms with E-state index in [0.29, 0.717) is 0 Å². The standard InChI is InChI=1S/C6H12O6.2CH4N4/c7-1-3(9)5(11)6(12)4(10)2-8;2*2-4-1-5-3/h1,3-6,8-12H,2H2;2*1-2H,3H2/t3-,4+,5+,6+;;/m0../s1. The van der Waals surface area contributed by atoms with Crippen molar-refractivity contribution in [2.24, 2.45) is 32.1 Å². The fourth-order valence-electron chi connectivity index (χ4n) is 0.685. The van der Waals surface area contributed by atoms with Gasteiger partial charge in [0.15, 0.2) is 19.0 Å². The lowest BCUT2D eigenvalue weighted by Gasteiger charge is -2.22. The molecule has 14 nitrogen and oxygen atoms in total. The highest BCUT2D eigenvalue weighted by Crippen LogP contribution is 2.02. The minimum absolute atomic E-state index is 0.0258. The fraction of sp³-hybridized carbons (Fsp3) is 0.625. The van der Waals surface area contributed by atoms with Crippen LogP contribution in [0.15, 0.2) is 20.4 Å².